The normalized spacial score (nSPS) is 26.5. The third kappa shape index (κ3) is 3.89. The highest BCUT2D eigenvalue weighted by Gasteiger charge is 2.26. The van der Waals surface area contributed by atoms with Gasteiger partial charge in [0.1, 0.15) is 0 Å². The van der Waals surface area contributed by atoms with Gasteiger partial charge in [0.2, 0.25) is 0 Å². The molecule has 0 atom stereocenters. The van der Waals surface area contributed by atoms with E-state index in [1.807, 2.05) is 5.01 Å². The average Bonchev–Trinajstić information content (AvgIpc) is 2.38. The van der Waals surface area contributed by atoms with Gasteiger partial charge in [0, 0.05) is 59.0 Å². The number of piperazine rings is 1. The number of hydrazine groups is 1. The van der Waals surface area contributed by atoms with E-state index in [1.54, 1.807) is 7.11 Å². The van der Waals surface area contributed by atoms with E-state index in [-0.39, 0.29) is 0 Å². The molecule has 2 saturated heterocycles. The molecule has 5 heteroatoms. The minimum Gasteiger partial charge on any atom is -0.383 e. The molecule has 5 nitrogen and oxygen atoms in total. The van der Waals surface area contributed by atoms with Crippen LogP contribution >= 0.6 is 0 Å². The predicted molar refractivity (Wildman–Crippen MR) is 68.7 cm³/mol. The summed E-state index contributed by atoms with van der Waals surface area (Å²) in [5.41, 5.74) is 0. The van der Waals surface area contributed by atoms with Crippen LogP contribution in [0.4, 0.5) is 0 Å². The molecule has 2 aliphatic heterocycles. The molecule has 0 aliphatic carbocycles. The van der Waals surface area contributed by atoms with Gasteiger partial charge >= 0.3 is 0 Å². The summed E-state index contributed by atoms with van der Waals surface area (Å²) in [5.74, 6) is 5.80. The van der Waals surface area contributed by atoms with Crippen molar-refractivity contribution in [1.82, 2.24) is 14.8 Å². The first kappa shape index (κ1) is 13.2. The lowest BCUT2D eigenvalue weighted by molar-refractivity contribution is 0.0488. The maximum Gasteiger partial charge on any atom is 0.0589 e. The zero-order chi connectivity index (χ0) is 12.1. The van der Waals surface area contributed by atoms with Gasteiger partial charge < -0.3 is 4.74 Å². The van der Waals surface area contributed by atoms with Crippen molar-refractivity contribution in [2.45, 2.75) is 18.9 Å². The number of rotatable bonds is 4. The van der Waals surface area contributed by atoms with Crippen LogP contribution in [-0.2, 0) is 4.74 Å². The van der Waals surface area contributed by atoms with Crippen LogP contribution in [0.25, 0.3) is 0 Å². The summed E-state index contributed by atoms with van der Waals surface area (Å²) in [5, 5.41) is 1.95. The van der Waals surface area contributed by atoms with Gasteiger partial charge in [-0.3, -0.25) is 15.6 Å². The lowest BCUT2D eigenvalue weighted by atomic mass is 10.0. The first-order valence-corrected chi connectivity index (χ1v) is 6.74. The third-order valence-electron chi connectivity index (χ3n) is 4.03. The van der Waals surface area contributed by atoms with Crippen molar-refractivity contribution < 1.29 is 4.74 Å². The Balaban J connectivity index is 1.68. The number of ether oxygens (including phenoxy) is 1. The van der Waals surface area contributed by atoms with Gasteiger partial charge in [0.15, 0.2) is 0 Å². The highest BCUT2D eigenvalue weighted by atomic mass is 16.5. The maximum absolute atomic E-state index is 5.80. The Morgan fingerprint density at radius 1 is 1.06 bits per heavy atom. The Morgan fingerprint density at radius 3 is 2.29 bits per heavy atom. The zero-order valence-electron chi connectivity index (χ0n) is 11.0. The molecule has 17 heavy (non-hydrogen) atoms. The summed E-state index contributed by atoms with van der Waals surface area (Å²) < 4.78 is 5.12. The van der Waals surface area contributed by atoms with Crippen molar-refractivity contribution in [3.05, 3.63) is 0 Å². The van der Waals surface area contributed by atoms with Gasteiger partial charge in [-0.15, -0.1) is 0 Å². The van der Waals surface area contributed by atoms with E-state index in [0.29, 0.717) is 0 Å². The van der Waals surface area contributed by atoms with Crippen LogP contribution in [0.2, 0.25) is 0 Å². The van der Waals surface area contributed by atoms with Crippen molar-refractivity contribution in [3.8, 4) is 0 Å². The van der Waals surface area contributed by atoms with Crippen molar-refractivity contribution in [2.24, 2.45) is 5.84 Å². The second-order valence-electron chi connectivity index (χ2n) is 5.14. The molecule has 2 N–H and O–H groups in total. The summed E-state index contributed by atoms with van der Waals surface area (Å²) in [7, 11) is 1.77. The zero-order valence-corrected chi connectivity index (χ0v) is 11.0. The summed E-state index contributed by atoms with van der Waals surface area (Å²) in [6, 6.07) is 0.763. The van der Waals surface area contributed by atoms with E-state index in [9.17, 15) is 0 Å². The molecule has 0 aromatic carbocycles. The van der Waals surface area contributed by atoms with Gasteiger partial charge in [-0.25, -0.2) is 5.01 Å². The first-order valence-electron chi connectivity index (χ1n) is 6.74. The number of hydrogen-bond donors (Lipinski definition) is 1. The van der Waals surface area contributed by atoms with Gasteiger partial charge in [-0.2, -0.15) is 0 Å². The van der Waals surface area contributed by atoms with E-state index < -0.39 is 0 Å². The molecule has 2 heterocycles. The molecule has 0 saturated carbocycles. The molecule has 0 amide bonds. The molecular weight excluding hydrogens is 216 g/mol. The summed E-state index contributed by atoms with van der Waals surface area (Å²) >= 11 is 0. The van der Waals surface area contributed by atoms with Gasteiger partial charge in [-0.1, -0.05) is 0 Å². The van der Waals surface area contributed by atoms with Gasteiger partial charge in [-0.05, 0) is 12.8 Å². The Bertz CT molecular complexity index is 211. The number of methoxy groups -OCH3 is 1. The predicted octanol–water partition coefficient (Wildman–Crippen LogP) is -0.411. The van der Waals surface area contributed by atoms with E-state index in [4.69, 9.17) is 10.6 Å². The highest BCUT2D eigenvalue weighted by molar-refractivity contribution is 4.82. The van der Waals surface area contributed by atoms with Crippen LogP contribution in [-0.4, -0.2) is 80.4 Å². The SMILES string of the molecule is COCCN1CCN(C2CCN(N)CC2)CC1. The van der Waals surface area contributed by atoms with Crippen LogP contribution in [0.3, 0.4) is 0 Å². The first-order chi connectivity index (χ1) is 8.29. The van der Waals surface area contributed by atoms with Crippen LogP contribution < -0.4 is 5.84 Å². The number of hydrogen-bond acceptors (Lipinski definition) is 5. The summed E-state index contributed by atoms with van der Waals surface area (Å²) in [4.78, 5) is 5.15. The standard InChI is InChI=1S/C12H26N4O/c1-17-11-10-14-6-8-15(9-7-14)12-2-4-16(13)5-3-12/h12H,2-11,13H2,1H3. The minimum atomic E-state index is 0.763. The van der Waals surface area contributed by atoms with Crippen LogP contribution in [0.5, 0.6) is 0 Å². The monoisotopic (exact) mass is 242 g/mol. The number of piperidine rings is 1. The Labute approximate surface area is 104 Å². The van der Waals surface area contributed by atoms with E-state index >= 15 is 0 Å². The largest absolute Gasteiger partial charge is 0.383 e. The molecule has 0 spiro atoms. The molecule has 2 fully saturated rings. The second kappa shape index (κ2) is 6.66. The van der Waals surface area contributed by atoms with E-state index in [2.05, 4.69) is 9.80 Å². The van der Waals surface area contributed by atoms with Crippen LogP contribution in [0, 0.1) is 0 Å². The number of nitrogens with two attached hydrogens (primary N) is 1. The summed E-state index contributed by atoms with van der Waals surface area (Å²) in [6.45, 7) is 8.82. The molecule has 0 aromatic heterocycles. The fraction of sp³-hybridized carbons (Fsp3) is 1.00. The third-order valence-corrected chi connectivity index (χ3v) is 4.03. The van der Waals surface area contributed by atoms with Crippen molar-refractivity contribution in [2.75, 3.05) is 59.5 Å². The van der Waals surface area contributed by atoms with E-state index in [1.165, 1.54) is 39.0 Å². The molecule has 0 unspecified atom stereocenters. The maximum atomic E-state index is 5.80. The molecule has 0 radical (unpaired) electrons. The lowest BCUT2D eigenvalue weighted by Crippen LogP contribution is -2.54. The van der Waals surface area contributed by atoms with Gasteiger partial charge in [0.25, 0.3) is 0 Å². The molecular formula is C12H26N4O. The molecule has 0 aromatic rings. The van der Waals surface area contributed by atoms with Crippen LogP contribution in [0.15, 0.2) is 0 Å². The summed E-state index contributed by atoms with van der Waals surface area (Å²) in [6.07, 6.45) is 2.46. The molecule has 100 valence electrons. The van der Waals surface area contributed by atoms with Crippen molar-refractivity contribution >= 4 is 0 Å². The fourth-order valence-corrected chi connectivity index (χ4v) is 2.82. The van der Waals surface area contributed by atoms with Crippen LogP contribution in [0.1, 0.15) is 12.8 Å². The molecule has 0 bridgehead atoms. The Hall–Kier alpha value is -0.200. The Morgan fingerprint density at radius 2 is 1.71 bits per heavy atom. The minimum absolute atomic E-state index is 0.763. The van der Waals surface area contributed by atoms with Gasteiger partial charge in [0.05, 0.1) is 6.61 Å². The topological polar surface area (TPSA) is 45.0 Å². The lowest BCUT2D eigenvalue weighted by Gasteiger charge is -2.42. The Kier molecular flexibility index (Phi) is 5.18. The fourth-order valence-electron chi connectivity index (χ4n) is 2.82. The average molecular weight is 242 g/mol. The molecule has 2 rings (SSSR count). The second-order valence-corrected chi connectivity index (χ2v) is 5.14. The van der Waals surface area contributed by atoms with Crippen molar-refractivity contribution in [1.29, 1.82) is 0 Å². The smallest absolute Gasteiger partial charge is 0.0589 e. The molecule has 2 aliphatic rings. The van der Waals surface area contributed by atoms with E-state index in [0.717, 1.165) is 32.3 Å². The highest BCUT2D eigenvalue weighted by Crippen LogP contribution is 2.16. The number of nitrogens with zero attached hydrogens (tertiary/aromatic N) is 3. The van der Waals surface area contributed by atoms with Crippen molar-refractivity contribution in [3.63, 3.8) is 0 Å². The quantitative estimate of drug-likeness (QED) is 0.679.